The van der Waals surface area contributed by atoms with Crippen LogP contribution < -0.4 is 4.74 Å². The first-order valence-corrected chi connectivity index (χ1v) is 8.48. The number of hydrogen-bond acceptors (Lipinski definition) is 2. The summed E-state index contributed by atoms with van der Waals surface area (Å²) < 4.78 is 5.65. The number of unbranched alkanes of at least 4 members (excludes halogenated alkanes) is 1. The minimum atomic E-state index is 0.00991. The molecule has 0 aliphatic rings. The smallest absolute Gasteiger partial charge is 0.185 e. The molecule has 0 heterocycles. The van der Waals surface area contributed by atoms with Gasteiger partial charge in [0, 0.05) is 10.9 Å². The summed E-state index contributed by atoms with van der Waals surface area (Å²) in [5.74, 6) is 0.872. The lowest BCUT2D eigenvalue weighted by molar-refractivity contribution is 0.104. The van der Waals surface area contributed by atoms with E-state index in [0.29, 0.717) is 5.56 Å². The third kappa shape index (κ3) is 5.49. The van der Waals surface area contributed by atoms with E-state index in [1.165, 1.54) is 0 Å². The minimum absolute atomic E-state index is 0.00991. The fourth-order valence-corrected chi connectivity index (χ4v) is 2.33. The lowest BCUT2D eigenvalue weighted by Gasteiger charge is -2.05. The van der Waals surface area contributed by atoms with E-state index in [-0.39, 0.29) is 5.78 Å². The lowest BCUT2D eigenvalue weighted by atomic mass is 10.1. The standard InChI is InChI=1S/C19H19BrO2/c20-14-4-5-15-22-18-11-8-16(9-12-18)10-13-19(21)17-6-2-1-3-7-17/h1-3,6-13H,4-5,14-15H2/b13-10+. The van der Waals surface area contributed by atoms with Crippen LogP contribution in [0.1, 0.15) is 28.8 Å². The predicted octanol–water partition coefficient (Wildman–Crippen LogP) is 5.14. The van der Waals surface area contributed by atoms with Crippen molar-refractivity contribution in [2.45, 2.75) is 12.8 Å². The molecule has 2 aromatic rings. The van der Waals surface area contributed by atoms with E-state index in [2.05, 4.69) is 15.9 Å². The van der Waals surface area contributed by atoms with Crippen LogP contribution in [0.2, 0.25) is 0 Å². The van der Waals surface area contributed by atoms with Crippen LogP contribution in [0.5, 0.6) is 5.75 Å². The summed E-state index contributed by atoms with van der Waals surface area (Å²) in [6.45, 7) is 0.729. The van der Waals surface area contributed by atoms with Crippen molar-refractivity contribution >= 4 is 27.8 Å². The fourth-order valence-electron chi connectivity index (χ4n) is 1.93. The van der Waals surface area contributed by atoms with Gasteiger partial charge < -0.3 is 4.74 Å². The van der Waals surface area contributed by atoms with Crippen LogP contribution in [0.3, 0.4) is 0 Å². The van der Waals surface area contributed by atoms with Crippen LogP contribution in [0.15, 0.2) is 60.7 Å². The van der Waals surface area contributed by atoms with Crippen molar-refractivity contribution in [2.24, 2.45) is 0 Å². The van der Waals surface area contributed by atoms with Crippen molar-refractivity contribution in [1.82, 2.24) is 0 Å². The third-order valence-corrected chi connectivity index (χ3v) is 3.72. The maximum atomic E-state index is 12.0. The molecule has 2 nitrogen and oxygen atoms in total. The highest BCUT2D eigenvalue weighted by atomic mass is 79.9. The summed E-state index contributed by atoms with van der Waals surface area (Å²) in [6, 6.07) is 17.0. The molecule has 0 saturated carbocycles. The predicted molar refractivity (Wildman–Crippen MR) is 94.8 cm³/mol. The topological polar surface area (TPSA) is 26.3 Å². The van der Waals surface area contributed by atoms with Gasteiger partial charge in [0.2, 0.25) is 0 Å². The molecular formula is C19H19BrO2. The number of ether oxygens (including phenoxy) is 1. The van der Waals surface area contributed by atoms with Crippen LogP contribution in [0, 0.1) is 0 Å². The Balaban J connectivity index is 1.88. The fraction of sp³-hybridized carbons (Fsp3) is 0.211. The molecule has 0 aliphatic heterocycles. The first-order chi connectivity index (χ1) is 10.8. The normalized spacial score (nSPS) is 10.8. The van der Waals surface area contributed by atoms with Gasteiger partial charge in [-0.1, -0.05) is 64.5 Å². The molecule has 0 amide bonds. The molecule has 22 heavy (non-hydrogen) atoms. The van der Waals surface area contributed by atoms with Crippen molar-refractivity contribution in [1.29, 1.82) is 0 Å². The Hall–Kier alpha value is -1.87. The molecule has 0 spiro atoms. The van der Waals surface area contributed by atoms with Gasteiger partial charge in [-0.05, 0) is 36.6 Å². The van der Waals surface area contributed by atoms with Crippen LogP contribution in [0.4, 0.5) is 0 Å². The number of allylic oxidation sites excluding steroid dienone is 1. The zero-order valence-electron chi connectivity index (χ0n) is 12.4. The second-order valence-electron chi connectivity index (χ2n) is 4.88. The van der Waals surface area contributed by atoms with Crippen molar-refractivity contribution in [3.63, 3.8) is 0 Å². The van der Waals surface area contributed by atoms with Gasteiger partial charge in [-0.25, -0.2) is 0 Å². The van der Waals surface area contributed by atoms with E-state index in [1.54, 1.807) is 6.08 Å². The van der Waals surface area contributed by atoms with Crippen molar-refractivity contribution in [3.8, 4) is 5.75 Å². The number of rotatable bonds is 8. The molecule has 114 valence electrons. The van der Waals surface area contributed by atoms with Gasteiger partial charge >= 0.3 is 0 Å². The highest BCUT2D eigenvalue weighted by molar-refractivity contribution is 9.09. The molecule has 0 aliphatic carbocycles. The Morgan fingerprint density at radius 2 is 1.73 bits per heavy atom. The second kappa shape index (κ2) is 9.21. The van der Waals surface area contributed by atoms with Gasteiger partial charge in [-0.3, -0.25) is 4.79 Å². The van der Waals surface area contributed by atoms with Gasteiger partial charge in [0.15, 0.2) is 5.78 Å². The van der Waals surface area contributed by atoms with Crippen molar-refractivity contribution in [3.05, 3.63) is 71.8 Å². The van der Waals surface area contributed by atoms with Crippen molar-refractivity contribution < 1.29 is 9.53 Å². The third-order valence-electron chi connectivity index (χ3n) is 3.16. The second-order valence-corrected chi connectivity index (χ2v) is 5.67. The Labute approximate surface area is 139 Å². The van der Waals surface area contributed by atoms with E-state index in [0.717, 1.165) is 36.1 Å². The molecule has 0 atom stereocenters. The minimum Gasteiger partial charge on any atom is -0.494 e. The number of alkyl halides is 1. The number of ketones is 1. The Morgan fingerprint density at radius 1 is 1.00 bits per heavy atom. The largest absolute Gasteiger partial charge is 0.494 e. The van der Waals surface area contributed by atoms with Gasteiger partial charge in [-0.15, -0.1) is 0 Å². The summed E-state index contributed by atoms with van der Waals surface area (Å²) in [5, 5.41) is 1.01. The zero-order chi connectivity index (χ0) is 15.6. The summed E-state index contributed by atoms with van der Waals surface area (Å²) in [6.07, 6.45) is 5.58. The summed E-state index contributed by atoms with van der Waals surface area (Å²) >= 11 is 3.40. The first-order valence-electron chi connectivity index (χ1n) is 7.36. The van der Waals surface area contributed by atoms with E-state index in [1.807, 2.05) is 60.7 Å². The van der Waals surface area contributed by atoms with E-state index in [9.17, 15) is 4.79 Å². The van der Waals surface area contributed by atoms with E-state index < -0.39 is 0 Å². The summed E-state index contributed by atoms with van der Waals surface area (Å²) in [7, 11) is 0. The molecule has 2 aromatic carbocycles. The maximum Gasteiger partial charge on any atom is 0.185 e. The van der Waals surface area contributed by atoms with Gasteiger partial charge in [-0.2, -0.15) is 0 Å². The van der Waals surface area contributed by atoms with Crippen LogP contribution in [0.25, 0.3) is 6.08 Å². The zero-order valence-corrected chi connectivity index (χ0v) is 14.0. The van der Waals surface area contributed by atoms with Gasteiger partial charge in [0.25, 0.3) is 0 Å². The van der Waals surface area contributed by atoms with Crippen LogP contribution in [-0.4, -0.2) is 17.7 Å². The SMILES string of the molecule is O=C(/C=C/c1ccc(OCCCCBr)cc1)c1ccccc1. The molecule has 0 unspecified atom stereocenters. The Bertz CT molecular complexity index is 603. The molecule has 0 fully saturated rings. The van der Waals surface area contributed by atoms with Gasteiger partial charge in [0.1, 0.15) is 5.75 Å². The number of halogens is 1. The quantitative estimate of drug-likeness (QED) is 0.282. The highest BCUT2D eigenvalue weighted by Gasteiger charge is 1.99. The molecule has 0 aromatic heterocycles. The molecule has 0 radical (unpaired) electrons. The Morgan fingerprint density at radius 3 is 2.41 bits per heavy atom. The number of benzene rings is 2. The lowest BCUT2D eigenvalue weighted by Crippen LogP contribution is -1.97. The van der Waals surface area contributed by atoms with Crippen LogP contribution >= 0.6 is 15.9 Å². The summed E-state index contributed by atoms with van der Waals surface area (Å²) in [5.41, 5.74) is 1.68. The molecule has 0 N–H and O–H groups in total. The van der Waals surface area contributed by atoms with Crippen molar-refractivity contribution in [2.75, 3.05) is 11.9 Å². The average Bonchev–Trinajstić information content (AvgIpc) is 2.58. The monoisotopic (exact) mass is 358 g/mol. The van der Waals surface area contributed by atoms with Gasteiger partial charge in [0.05, 0.1) is 6.61 Å². The van der Waals surface area contributed by atoms with E-state index in [4.69, 9.17) is 4.74 Å². The average molecular weight is 359 g/mol. The highest BCUT2D eigenvalue weighted by Crippen LogP contribution is 2.14. The first kappa shape index (κ1) is 16.5. The van der Waals surface area contributed by atoms with Crippen LogP contribution in [-0.2, 0) is 0 Å². The molecular weight excluding hydrogens is 340 g/mol. The molecule has 0 saturated heterocycles. The summed E-state index contributed by atoms with van der Waals surface area (Å²) in [4.78, 5) is 12.0. The van der Waals surface area contributed by atoms with E-state index >= 15 is 0 Å². The number of hydrogen-bond donors (Lipinski definition) is 0. The molecule has 3 heteroatoms. The number of carbonyl (C=O) groups excluding carboxylic acids is 1. The Kier molecular flexibility index (Phi) is 6.91. The molecule has 0 bridgehead atoms. The molecule has 2 rings (SSSR count). The maximum absolute atomic E-state index is 12.0. The number of carbonyl (C=O) groups is 1.